The molecule has 1 aromatic heterocycles. The SMILES string of the molecule is CC(C)(C)CC(O)CNC(=O)c1cnc(C(=O)O)cn1. The summed E-state index contributed by atoms with van der Waals surface area (Å²) in [5, 5.41) is 21.0. The smallest absolute Gasteiger partial charge is 0.356 e. The standard InChI is InChI=1S/C13H19N3O4/c1-13(2,3)4-8(17)5-16-11(18)9-6-15-10(7-14-9)12(19)20/h6-8,17H,4-5H2,1-3H3,(H,16,18)(H,19,20). The normalized spacial score (nSPS) is 12.8. The van der Waals surface area contributed by atoms with Crippen LogP contribution in [0.3, 0.4) is 0 Å². The van der Waals surface area contributed by atoms with Crippen LogP contribution in [0.4, 0.5) is 0 Å². The molecule has 0 aliphatic heterocycles. The van der Waals surface area contributed by atoms with Crippen LogP contribution in [0.2, 0.25) is 0 Å². The highest BCUT2D eigenvalue weighted by Gasteiger charge is 2.18. The molecular formula is C13H19N3O4. The molecule has 7 heteroatoms. The molecule has 0 bridgehead atoms. The molecular weight excluding hydrogens is 262 g/mol. The maximum atomic E-state index is 11.7. The highest BCUT2D eigenvalue weighted by atomic mass is 16.4. The Labute approximate surface area is 117 Å². The van der Waals surface area contributed by atoms with Crippen molar-refractivity contribution >= 4 is 11.9 Å². The molecule has 7 nitrogen and oxygen atoms in total. The number of carboxylic acids is 1. The summed E-state index contributed by atoms with van der Waals surface area (Å²) >= 11 is 0. The summed E-state index contributed by atoms with van der Waals surface area (Å²) in [5.41, 5.74) is -0.250. The first-order valence-corrected chi connectivity index (χ1v) is 6.20. The van der Waals surface area contributed by atoms with E-state index >= 15 is 0 Å². The maximum absolute atomic E-state index is 11.7. The van der Waals surface area contributed by atoms with Crippen LogP contribution in [0.25, 0.3) is 0 Å². The van der Waals surface area contributed by atoms with Crippen molar-refractivity contribution in [2.24, 2.45) is 5.41 Å². The number of hydrogen-bond acceptors (Lipinski definition) is 5. The number of carbonyl (C=O) groups is 2. The summed E-state index contributed by atoms with van der Waals surface area (Å²) in [6.07, 6.45) is 2.01. The predicted molar refractivity (Wildman–Crippen MR) is 71.4 cm³/mol. The van der Waals surface area contributed by atoms with Gasteiger partial charge in [0.05, 0.1) is 18.5 Å². The first kappa shape index (κ1) is 16.0. The number of rotatable bonds is 5. The lowest BCUT2D eigenvalue weighted by Crippen LogP contribution is -2.34. The van der Waals surface area contributed by atoms with Crippen LogP contribution in [-0.4, -0.2) is 44.7 Å². The number of hydrogen-bond donors (Lipinski definition) is 3. The minimum atomic E-state index is -1.20. The highest BCUT2D eigenvalue weighted by molar-refractivity contribution is 5.92. The zero-order chi connectivity index (χ0) is 15.3. The predicted octanol–water partition coefficient (Wildman–Crippen LogP) is 0.702. The molecule has 0 radical (unpaired) electrons. The van der Waals surface area contributed by atoms with Gasteiger partial charge in [-0.05, 0) is 11.8 Å². The van der Waals surface area contributed by atoms with E-state index in [1.165, 1.54) is 0 Å². The summed E-state index contributed by atoms with van der Waals surface area (Å²) in [6.45, 7) is 6.09. The van der Waals surface area contributed by atoms with Gasteiger partial charge in [-0.15, -0.1) is 0 Å². The number of nitrogens with zero attached hydrogens (tertiary/aromatic N) is 2. The van der Waals surface area contributed by atoms with Crippen LogP contribution in [-0.2, 0) is 0 Å². The second-order valence-corrected chi connectivity index (χ2v) is 5.72. The van der Waals surface area contributed by atoms with Gasteiger partial charge in [-0.1, -0.05) is 20.8 Å². The van der Waals surface area contributed by atoms with Crippen molar-refractivity contribution in [3.8, 4) is 0 Å². The Bertz CT molecular complexity index is 479. The number of carboxylic acid groups (broad SMARTS) is 1. The van der Waals surface area contributed by atoms with Gasteiger partial charge >= 0.3 is 5.97 Å². The zero-order valence-corrected chi connectivity index (χ0v) is 11.8. The minimum absolute atomic E-state index is 0.0120. The van der Waals surface area contributed by atoms with Crippen molar-refractivity contribution < 1.29 is 19.8 Å². The van der Waals surface area contributed by atoms with E-state index in [9.17, 15) is 14.7 Å². The van der Waals surface area contributed by atoms with Crippen molar-refractivity contribution in [1.82, 2.24) is 15.3 Å². The second-order valence-electron chi connectivity index (χ2n) is 5.72. The van der Waals surface area contributed by atoms with Crippen LogP contribution in [0, 0.1) is 5.41 Å². The third-order valence-corrected chi connectivity index (χ3v) is 2.45. The molecule has 0 aliphatic carbocycles. The summed E-state index contributed by atoms with van der Waals surface area (Å²) in [5.74, 6) is -1.70. The number of aromatic carboxylic acids is 1. The van der Waals surface area contributed by atoms with Gasteiger partial charge in [0.25, 0.3) is 5.91 Å². The van der Waals surface area contributed by atoms with Crippen molar-refractivity contribution in [3.05, 3.63) is 23.8 Å². The molecule has 20 heavy (non-hydrogen) atoms. The lowest BCUT2D eigenvalue weighted by Gasteiger charge is -2.22. The molecule has 0 aliphatic rings. The molecule has 0 spiro atoms. The Morgan fingerprint density at radius 1 is 1.25 bits per heavy atom. The van der Waals surface area contributed by atoms with Crippen LogP contribution < -0.4 is 5.32 Å². The fourth-order valence-electron chi connectivity index (χ4n) is 1.64. The van der Waals surface area contributed by atoms with Gasteiger partial charge in [0, 0.05) is 6.54 Å². The summed E-state index contributed by atoms with van der Waals surface area (Å²) in [7, 11) is 0. The molecule has 0 aromatic carbocycles. The van der Waals surface area contributed by atoms with Crippen LogP contribution >= 0.6 is 0 Å². The monoisotopic (exact) mass is 281 g/mol. The number of carbonyl (C=O) groups excluding carboxylic acids is 1. The summed E-state index contributed by atoms with van der Waals surface area (Å²) < 4.78 is 0. The fraction of sp³-hybridized carbons (Fsp3) is 0.538. The van der Waals surface area contributed by atoms with E-state index in [4.69, 9.17) is 5.11 Å². The molecule has 1 amide bonds. The van der Waals surface area contributed by atoms with Gasteiger partial charge in [0.2, 0.25) is 0 Å². The molecule has 1 rings (SSSR count). The van der Waals surface area contributed by atoms with Crippen LogP contribution in [0.5, 0.6) is 0 Å². The van der Waals surface area contributed by atoms with Crippen molar-refractivity contribution in [2.75, 3.05) is 6.54 Å². The number of aromatic nitrogens is 2. The second kappa shape index (κ2) is 6.42. The van der Waals surface area contributed by atoms with Gasteiger partial charge in [0.1, 0.15) is 5.69 Å². The van der Waals surface area contributed by atoms with Crippen molar-refractivity contribution in [2.45, 2.75) is 33.3 Å². The summed E-state index contributed by atoms with van der Waals surface area (Å²) in [6, 6.07) is 0. The maximum Gasteiger partial charge on any atom is 0.356 e. The topological polar surface area (TPSA) is 112 Å². The third kappa shape index (κ3) is 5.31. The number of aliphatic hydroxyl groups excluding tert-OH is 1. The lowest BCUT2D eigenvalue weighted by atomic mass is 9.89. The van der Waals surface area contributed by atoms with Gasteiger partial charge in [0.15, 0.2) is 5.69 Å². The summed E-state index contributed by atoms with van der Waals surface area (Å²) in [4.78, 5) is 29.6. The highest BCUT2D eigenvalue weighted by Crippen LogP contribution is 2.20. The first-order chi connectivity index (χ1) is 9.19. The Balaban J connectivity index is 2.53. The van der Waals surface area contributed by atoms with Gasteiger partial charge < -0.3 is 15.5 Å². The Kier molecular flexibility index (Phi) is 5.15. The Hall–Kier alpha value is -2.02. The zero-order valence-electron chi connectivity index (χ0n) is 11.8. The molecule has 3 N–H and O–H groups in total. The van der Waals surface area contributed by atoms with Crippen LogP contribution in [0.1, 0.15) is 48.2 Å². The number of nitrogens with one attached hydrogen (secondary N) is 1. The van der Waals surface area contributed by atoms with Gasteiger partial charge in [-0.3, -0.25) is 4.79 Å². The lowest BCUT2D eigenvalue weighted by molar-refractivity contribution is 0.0689. The van der Waals surface area contributed by atoms with E-state index < -0.39 is 18.0 Å². The molecule has 1 heterocycles. The molecule has 0 saturated carbocycles. The number of amides is 1. The van der Waals surface area contributed by atoms with Crippen molar-refractivity contribution in [1.29, 1.82) is 0 Å². The van der Waals surface area contributed by atoms with E-state index in [1.54, 1.807) is 0 Å². The van der Waals surface area contributed by atoms with E-state index in [-0.39, 0.29) is 23.3 Å². The van der Waals surface area contributed by atoms with Gasteiger partial charge in [-0.2, -0.15) is 0 Å². The van der Waals surface area contributed by atoms with E-state index in [0.717, 1.165) is 12.4 Å². The largest absolute Gasteiger partial charge is 0.476 e. The van der Waals surface area contributed by atoms with Crippen LogP contribution in [0.15, 0.2) is 12.4 Å². The van der Waals surface area contributed by atoms with E-state index in [1.807, 2.05) is 20.8 Å². The van der Waals surface area contributed by atoms with E-state index in [2.05, 4.69) is 15.3 Å². The minimum Gasteiger partial charge on any atom is -0.476 e. The first-order valence-electron chi connectivity index (χ1n) is 6.20. The van der Waals surface area contributed by atoms with Gasteiger partial charge in [-0.25, -0.2) is 14.8 Å². The Morgan fingerprint density at radius 2 is 1.80 bits per heavy atom. The van der Waals surface area contributed by atoms with Crippen molar-refractivity contribution in [3.63, 3.8) is 0 Å². The molecule has 1 atom stereocenters. The fourth-order valence-corrected chi connectivity index (χ4v) is 1.64. The van der Waals surface area contributed by atoms with E-state index in [0.29, 0.717) is 6.42 Å². The molecule has 1 unspecified atom stereocenters. The molecule has 0 fully saturated rings. The molecule has 1 aromatic rings. The quantitative estimate of drug-likeness (QED) is 0.732. The number of aliphatic hydroxyl groups is 1. The average Bonchev–Trinajstić information content (AvgIpc) is 2.34. The Morgan fingerprint density at radius 3 is 2.25 bits per heavy atom. The average molecular weight is 281 g/mol. The molecule has 0 saturated heterocycles. The third-order valence-electron chi connectivity index (χ3n) is 2.45. The molecule has 110 valence electrons.